The maximum atomic E-state index is 12.1. The predicted molar refractivity (Wildman–Crippen MR) is 61.5 cm³/mol. The molecule has 0 saturated heterocycles. The van der Waals surface area contributed by atoms with Gasteiger partial charge >= 0.3 is 6.36 Å². The molecule has 0 unspecified atom stereocenters. The number of hydrogen-bond acceptors (Lipinski definition) is 3. The van der Waals surface area contributed by atoms with E-state index in [1.165, 1.54) is 12.1 Å². The Kier molecular flexibility index (Phi) is 4.95. The van der Waals surface area contributed by atoms with E-state index in [1.807, 2.05) is 29.4 Å². The van der Waals surface area contributed by atoms with Crippen molar-refractivity contribution in [3.05, 3.63) is 24.5 Å². The Morgan fingerprint density at radius 2 is 2.05 bits per heavy atom. The monoisotopic (exact) mass is 290 g/mol. The smallest absolute Gasteiger partial charge is 0.554 e. The van der Waals surface area contributed by atoms with Crippen LogP contribution in [0, 0.1) is 0 Å². The van der Waals surface area contributed by atoms with Crippen molar-refractivity contribution in [1.29, 1.82) is 0 Å². The van der Waals surface area contributed by atoms with Crippen LogP contribution in [0.15, 0.2) is 24.5 Å². The molecule has 20 heavy (non-hydrogen) atoms. The zero-order valence-electron chi connectivity index (χ0n) is 10.8. The summed E-state index contributed by atoms with van der Waals surface area (Å²) in [5, 5.41) is 8.25. The number of alkyl halides is 3. The standard InChI is InChI=1S/C11H12F3N2O.CH2O2/c1-3-16-7-15(2)9-5-4-8(6-10(9)16)17-11(12,13)14;2-1-3/h4-7H,3H2,1-2H3;1H,(H,2,3)/q+1;/p-1. The largest absolute Gasteiger partial charge is 0.573 e. The third-order valence-corrected chi connectivity index (χ3v) is 2.52. The van der Waals surface area contributed by atoms with Crippen LogP contribution in [0.25, 0.3) is 11.0 Å². The molecule has 0 bridgehead atoms. The Hall–Kier alpha value is -2.25. The van der Waals surface area contributed by atoms with Crippen molar-refractivity contribution in [2.75, 3.05) is 0 Å². The lowest BCUT2D eigenvalue weighted by Crippen LogP contribution is -2.25. The number of aryl methyl sites for hydroxylation is 2. The maximum Gasteiger partial charge on any atom is 0.573 e. The number of carbonyl (C=O) groups excluding carboxylic acids is 1. The molecule has 0 N–H and O–H groups in total. The summed E-state index contributed by atoms with van der Waals surface area (Å²) in [5.41, 5.74) is 1.58. The van der Waals surface area contributed by atoms with Gasteiger partial charge < -0.3 is 14.6 Å². The minimum Gasteiger partial charge on any atom is -0.554 e. The Morgan fingerprint density at radius 3 is 2.55 bits per heavy atom. The third-order valence-electron chi connectivity index (χ3n) is 2.52. The fraction of sp³-hybridized carbons (Fsp3) is 0.333. The lowest BCUT2D eigenvalue weighted by molar-refractivity contribution is -0.645. The van der Waals surface area contributed by atoms with E-state index in [9.17, 15) is 13.2 Å². The van der Waals surface area contributed by atoms with Gasteiger partial charge in [0.15, 0.2) is 11.0 Å². The van der Waals surface area contributed by atoms with Crippen molar-refractivity contribution in [3.63, 3.8) is 0 Å². The van der Waals surface area contributed by atoms with Crippen molar-refractivity contribution in [2.45, 2.75) is 19.8 Å². The number of hydrogen-bond donors (Lipinski definition) is 0. The second-order valence-electron chi connectivity index (χ2n) is 3.81. The van der Waals surface area contributed by atoms with Crippen LogP contribution in [-0.2, 0) is 18.4 Å². The van der Waals surface area contributed by atoms with E-state index in [-0.39, 0.29) is 5.75 Å². The minimum absolute atomic E-state index is 0.196. The van der Waals surface area contributed by atoms with E-state index in [0.29, 0.717) is 6.54 Å². The topological polar surface area (TPSA) is 58.2 Å². The molecule has 110 valence electrons. The van der Waals surface area contributed by atoms with Crippen molar-refractivity contribution in [3.8, 4) is 5.75 Å². The van der Waals surface area contributed by atoms with E-state index in [4.69, 9.17) is 9.90 Å². The number of imidazole rings is 1. The van der Waals surface area contributed by atoms with E-state index in [2.05, 4.69) is 4.74 Å². The van der Waals surface area contributed by atoms with Gasteiger partial charge in [-0.15, -0.1) is 13.2 Å². The molecule has 1 aromatic heterocycles. The normalized spacial score (nSPS) is 10.8. The zero-order chi connectivity index (χ0) is 15.3. The molecule has 8 heteroatoms. The maximum absolute atomic E-state index is 12.1. The summed E-state index contributed by atoms with van der Waals surface area (Å²) in [6.07, 6.45) is -2.82. The van der Waals surface area contributed by atoms with Crippen molar-refractivity contribution in [2.24, 2.45) is 7.05 Å². The SMILES string of the molecule is CCn1c[n+](C)c2ccc(OC(F)(F)F)cc21.O=C[O-]. The fourth-order valence-corrected chi connectivity index (χ4v) is 1.81. The zero-order valence-corrected chi connectivity index (χ0v) is 10.8. The van der Waals surface area contributed by atoms with E-state index >= 15 is 0 Å². The Balaban J connectivity index is 0.000000612. The number of nitrogens with zero attached hydrogens (tertiary/aromatic N) is 2. The summed E-state index contributed by atoms with van der Waals surface area (Å²) in [7, 11) is 1.85. The minimum atomic E-state index is -4.65. The number of fused-ring (bicyclic) bond motifs is 1. The molecular formula is C12H13F3N2O3. The second-order valence-corrected chi connectivity index (χ2v) is 3.81. The highest BCUT2D eigenvalue weighted by molar-refractivity contribution is 5.73. The molecule has 2 aromatic rings. The van der Waals surface area contributed by atoms with Crippen LogP contribution in [-0.4, -0.2) is 17.4 Å². The molecule has 0 saturated carbocycles. The number of ether oxygens (including phenoxy) is 1. The molecule has 0 atom stereocenters. The molecule has 0 spiro atoms. The summed E-state index contributed by atoms with van der Waals surface area (Å²) in [6.45, 7) is 2.11. The third kappa shape index (κ3) is 3.87. The molecule has 0 amide bonds. The molecule has 2 rings (SSSR count). The number of carboxylic acid groups (broad SMARTS) is 1. The van der Waals surface area contributed by atoms with Crippen LogP contribution in [0.1, 0.15) is 6.92 Å². The molecule has 0 radical (unpaired) electrons. The molecular weight excluding hydrogens is 277 g/mol. The van der Waals surface area contributed by atoms with Crippen molar-refractivity contribution < 1.29 is 32.4 Å². The lowest BCUT2D eigenvalue weighted by atomic mass is 10.3. The highest BCUT2D eigenvalue weighted by Crippen LogP contribution is 2.25. The van der Waals surface area contributed by atoms with Gasteiger partial charge in [-0.3, -0.25) is 0 Å². The van der Waals surface area contributed by atoms with Gasteiger partial charge in [-0.05, 0) is 19.1 Å². The molecule has 0 aliphatic rings. The van der Waals surface area contributed by atoms with Crippen LogP contribution in [0.2, 0.25) is 0 Å². The van der Waals surface area contributed by atoms with Gasteiger partial charge in [-0.25, -0.2) is 9.13 Å². The van der Waals surface area contributed by atoms with Crippen LogP contribution < -0.4 is 14.4 Å². The van der Waals surface area contributed by atoms with Gasteiger partial charge in [-0.1, -0.05) is 0 Å². The van der Waals surface area contributed by atoms with E-state index in [1.54, 1.807) is 6.07 Å². The van der Waals surface area contributed by atoms with Gasteiger partial charge in [0.05, 0.1) is 13.6 Å². The van der Waals surface area contributed by atoms with Crippen LogP contribution >= 0.6 is 0 Å². The quantitative estimate of drug-likeness (QED) is 0.606. The predicted octanol–water partition coefficient (Wildman–Crippen LogP) is 0.750. The average Bonchev–Trinajstić information content (AvgIpc) is 2.65. The first kappa shape index (κ1) is 15.8. The van der Waals surface area contributed by atoms with Crippen LogP contribution in [0.5, 0.6) is 5.75 Å². The first-order chi connectivity index (χ1) is 9.32. The molecule has 0 fully saturated rings. The van der Waals surface area contributed by atoms with Crippen LogP contribution in [0.4, 0.5) is 13.2 Å². The number of halogens is 3. The molecule has 1 aromatic carbocycles. The van der Waals surface area contributed by atoms with Crippen molar-refractivity contribution >= 4 is 17.5 Å². The Morgan fingerprint density at radius 1 is 1.45 bits per heavy atom. The molecule has 0 aliphatic heterocycles. The van der Waals surface area contributed by atoms with Crippen molar-refractivity contribution in [1.82, 2.24) is 4.57 Å². The van der Waals surface area contributed by atoms with Gasteiger partial charge in [0.2, 0.25) is 6.33 Å². The number of carbonyl (C=O) groups is 1. The van der Waals surface area contributed by atoms with Gasteiger partial charge in [0.1, 0.15) is 5.75 Å². The summed E-state index contributed by atoms with van der Waals surface area (Å²) in [6, 6.07) is 4.32. The van der Waals surface area contributed by atoms with Gasteiger partial charge in [-0.2, -0.15) is 0 Å². The molecule has 1 heterocycles. The first-order valence-corrected chi connectivity index (χ1v) is 5.62. The second kappa shape index (κ2) is 6.27. The van der Waals surface area contributed by atoms with Gasteiger partial charge in [0.25, 0.3) is 0 Å². The van der Waals surface area contributed by atoms with E-state index in [0.717, 1.165) is 11.0 Å². The van der Waals surface area contributed by atoms with Crippen LogP contribution in [0.3, 0.4) is 0 Å². The summed E-state index contributed by atoms with van der Waals surface area (Å²) in [4.78, 5) is 8.25. The average molecular weight is 290 g/mol. The number of aromatic nitrogens is 2. The first-order valence-electron chi connectivity index (χ1n) is 5.62. The summed E-state index contributed by atoms with van der Waals surface area (Å²) in [5.74, 6) is -0.196. The number of rotatable bonds is 2. The van der Waals surface area contributed by atoms with Gasteiger partial charge in [0, 0.05) is 12.5 Å². The highest BCUT2D eigenvalue weighted by Gasteiger charge is 2.31. The lowest BCUT2D eigenvalue weighted by Gasteiger charge is -2.07. The Bertz CT molecular complexity index is 593. The fourth-order valence-electron chi connectivity index (χ4n) is 1.81. The summed E-state index contributed by atoms with van der Waals surface area (Å²) < 4.78 is 43.9. The number of benzene rings is 1. The Labute approximate surface area is 112 Å². The van der Waals surface area contributed by atoms with E-state index < -0.39 is 12.8 Å². The highest BCUT2D eigenvalue weighted by atomic mass is 19.4. The molecule has 0 aliphatic carbocycles. The molecule has 5 nitrogen and oxygen atoms in total. The summed E-state index contributed by atoms with van der Waals surface area (Å²) >= 11 is 0.